The summed E-state index contributed by atoms with van der Waals surface area (Å²) in [6.07, 6.45) is -1.72. The Bertz CT molecular complexity index is 854. The average Bonchev–Trinajstić information content (AvgIpc) is 3.21. The molecule has 5 nitrogen and oxygen atoms in total. The Hall–Kier alpha value is -2.29. The smallest absolute Gasteiger partial charge is 0.299 e. The van der Waals surface area contributed by atoms with Crippen LogP contribution < -0.4 is 0 Å². The molecule has 0 saturated carbocycles. The number of carbonyl (C=O) groups is 1. The van der Waals surface area contributed by atoms with Crippen molar-refractivity contribution in [3.63, 3.8) is 0 Å². The van der Waals surface area contributed by atoms with Gasteiger partial charge in [0.15, 0.2) is 0 Å². The molecule has 0 saturated heterocycles. The van der Waals surface area contributed by atoms with Gasteiger partial charge in [-0.15, -0.1) is 0 Å². The summed E-state index contributed by atoms with van der Waals surface area (Å²) < 4.78 is 41.5. The Morgan fingerprint density at radius 1 is 1.19 bits per heavy atom. The molecule has 1 aliphatic rings. The maximum atomic E-state index is 13.3. The van der Waals surface area contributed by atoms with Gasteiger partial charge >= 0.3 is 6.18 Å². The maximum absolute atomic E-state index is 13.3. The Balaban J connectivity index is 2.09. The predicted octanol–water partition coefficient (Wildman–Crippen LogP) is 4.32. The minimum atomic E-state index is -4.60. The van der Waals surface area contributed by atoms with Gasteiger partial charge in [-0.2, -0.15) is 18.3 Å². The largest absolute Gasteiger partial charge is 0.417 e. The summed E-state index contributed by atoms with van der Waals surface area (Å²) in [5.41, 5.74) is -1.15. The lowest BCUT2D eigenvalue weighted by atomic mass is 9.91. The first-order valence-electron chi connectivity index (χ1n) is 7.81. The molecule has 0 atom stereocenters. The second kappa shape index (κ2) is 6.46. The lowest BCUT2D eigenvalue weighted by Gasteiger charge is -2.30. The van der Waals surface area contributed by atoms with Crippen LogP contribution in [0.1, 0.15) is 36.7 Å². The van der Waals surface area contributed by atoms with Crippen molar-refractivity contribution in [1.29, 1.82) is 0 Å². The molecule has 0 radical (unpaired) electrons. The number of thioether (sulfide) groups is 1. The van der Waals surface area contributed by atoms with Gasteiger partial charge in [-0.25, -0.2) is 9.67 Å². The molecular formula is C17H17F3N4OS. The highest BCUT2D eigenvalue weighted by molar-refractivity contribution is 8.08. The molecule has 0 bridgehead atoms. The third kappa shape index (κ3) is 3.35. The topological polar surface area (TPSA) is 51.0 Å². The standard InChI is InChI=1S/C17H17F3N4OS/c1-16(2,3)13-15(24-9-21-8-22-24)26-10-23(13)14(25)11-6-4-5-7-12(11)17(18,19)20/h4-9H,10H2,1-3H3. The predicted molar refractivity (Wildman–Crippen MR) is 92.8 cm³/mol. The van der Waals surface area contributed by atoms with Gasteiger partial charge in [0.25, 0.3) is 5.91 Å². The van der Waals surface area contributed by atoms with E-state index in [-0.39, 0.29) is 11.4 Å². The van der Waals surface area contributed by atoms with Gasteiger partial charge in [0.2, 0.25) is 0 Å². The molecule has 0 aliphatic carbocycles. The number of aromatic nitrogens is 3. The molecule has 1 aromatic heterocycles. The molecule has 2 heterocycles. The van der Waals surface area contributed by atoms with Crippen molar-refractivity contribution < 1.29 is 18.0 Å². The monoisotopic (exact) mass is 382 g/mol. The summed E-state index contributed by atoms with van der Waals surface area (Å²) >= 11 is 1.34. The Morgan fingerprint density at radius 2 is 1.88 bits per heavy atom. The number of nitrogens with zero attached hydrogens (tertiary/aromatic N) is 4. The number of benzene rings is 1. The molecular weight excluding hydrogens is 365 g/mol. The van der Waals surface area contributed by atoms with Gasteiger partial charge in [-0.3, -0.25) is 9.69 Å². The van der Waals surface area contributed by atoms with Crippen LogP contribution in [0, 0.1) is 5.41 Å². The summed E-state index contributed by atoms with van der Waals surface area (Å²) in [7, 11) is 0. The van der Waals surface area contributed by atoms with Crippen LogP contribution in [0.5, 0.6) is 0 Å². The molecule has 138 valence electrons. The first-order valence-corrected chi connectivity index (χ1v) is 8.80. The fourth-order valence-electron chi connectivity index (χ4n) is 2.81. The fraction of sp³-hybridized carbons (Fsp3) is 0.353. The van der Waals surface area contributed by atoms with E-state index in [9.17, 15) is 18.0 Å². The zero-order valence-electron chi connectivity index (χ0n) is 14.4. The number of halogens is 3. The summed E-state index contributed by atoms with van der Waals surface area (Å²) in [6.45, 7) is 5.71. The molecule has 9 heteroatoms. The van der Waals surface area contributed by atoms with Crippen molar-refractivity contribution >= 4 is 22.7 Å². The average molecular weight is 382 g/mol. The van der Waals surface area contributed by atoms with E-state index in [1.54, 1.807) is 0 Å². The van der Waals surface area contributed by atoms with Crippen LogP contribution in [0.3, 0.4) is 0 Å². The summed E-state index contributed by atoms with van der Waals surface area (Å²) in [5.74, 6) is -0.460. The van der Waals surface area contributed by atoms with Crippen LogP contribution in [0.4, 0.5) is 13.2 Å². The third-order valence-electron chi connectivity index (χ3n) is 3.85. The van der Waals surface area contributed by atoms with Gasteiger partial charge in [0, 0.05) is 5.41 Å². The molecule has 1 amide bonds. The summed E-state index contributed by atoms with van der Waals surface area (Å²) in [6, 6.07) is 4.85. The quantitative estimate of drug-likeness (QED) is 0.776. The van der Waals surface area contributed by atoms with Gasteiger partial charge < -0.3 is 0 Å². The molecule has 0 N–H and O–H groups in total. The first-order chi connectivity index (χ1) is 12.1. The van der Waals surface area contributed by atoms with Crippen LogP contribution in [0.25, 0.3) is 5.03 Å². The van der Waals surface area contributed by atoms with Crippen molar-refractivity contribution in [2.75, 3.05) is 5.88 Å². The molecule has 1 aromatic carbocycles. The number of carbonyl (C=O) groups excluding carboxylic acids is 1. The Labute approximate surface area is 152 Å². The van der Waals surface area contributed by atoms with E-state index in [4.69, 9.17) is 0 Å². The second-order valence-electron chi connectivity index (χ2n) is 6.79. The van der Waals surface area contributed by atoms with Crippen molar-refractivity contribution in [3.05, 3.63) is 53.7 Å². The van der Waals surface area contributed by atoms with Crippen LogP contribution in [0.15, 0.2) is 42.6 Å². The first kappa shape index (κ1) is 18.5. The van der Waals surface area contributed by atoms with Crippen LogP contribution in [-0.2, 0) is 6.18 Å². The van der Waals surface area contributed by atoms with Gasteiger partial charge in [0.1, 0.15) is 17.7 Å². The van der Waals surface area contributed by atoms with Crippen molar-refractivity contribution in [2.45, 2.75) is 26.9 Å². The van der Waals surface area contributed by atoms with Gasteiger partial charge in [-0.1, -0.05) is 44.7 Å². The van der Waals surface area contributed by atoms with Crippen LogP contribution in [-0.4, -0.2) is 31.4 Å². The molecule has 2 aromatic rings. The SMILES string of the molecule is CC(C)(C)C1=C(n2cncn2)SCN1C(=O)c1ccccc1C(F)(F)F. The molecule has 26 heavy (non-hydrogen) atoms. The highest BCUT2D eigenvalue weighted by atomic mass is 32.2. The lowest BCUT2D eigenvalue weighted by molar-refractivity contribution is -0.138. The number of hydrogen-bond acceptors (Lipinski definition) is 4. The molecule has 1 aliphatic heterocycles. The third-order valence-corrected chi connectivity index (χ3v) is 4.89. The molecule has 3 rings (SSSR count). The molecule has 0 unspecified atom stereocenters. The van der Waals surface area contributed by atoms with E-state index >= 15 is 0 Å². The van der Waals surface area contributed by atoms with Crippen LogP contribution >= 0.6 is 11.8 Å². The number of amides is 1. The number of alkyl halides is 3. The summed E-state index contributed by atoms with van der Waals surface area (Å²) in [5, 5.41) is 4.78. The highest BCUT2D eigenvalue weighted by Crippen LogP contribution is 2.45. The number of hydrogen-bond donors (Lipinski definition) is 0. The van der Waals surface area contributed by atoms with E-state index in [0.29, 0.717) is 10.7 Å². The summed E-state index contributed by atoms with van der Waals surface area (Å²) in [4.78, 5) is 18.3. The number of allylic oxidation sites excluding steroid dienone is 1. The number of rotatable bonds is 2. The minimum absolute atomic E-state index is 0.215. The fourth-order valence-corrected chi connectivity index (χ4v) is 4.09. The zero-order valence-corrected chi connectivity index (χ0v) is 15.2. The molecule has 0 spiro atoms. The van der Waals surface area contributed by atoms with Crippen molar-refractivity contribution in [2.24, 2.45) is 5.41 Å². The lowest BCUT2D eigenvalue weighted by Crippen LogP contribution is -2.34. The van der Waals surface area contributed by atoms with E-state index in [0.717, 1.165) is 6.07 Å². The van der Waals surface area contributed by atoms with Crippen molar-refractivity contribution in [3.8, 4) is 0 Å². The zero-order chi connectivity index (χ0) is 19.1. The van der Waals surface area contributed by atoms with E-state index in [2.05, 4.69) is 10.1 Å². The second-order valence-corrected chi connectivity index (χ2v) is 7.73. The van der Waals surface area contributed by atoms with E-state index < -0.39 is 23.1 Å². The maximum Gasteiger partial charge on any atom is 0.417 e. The Morgan fingerprint density at radius 3 is 2.46 bits per heavy atom. The molecule has 0 fully saturated rings. The van der Waals surface area contributed by atoms with Gasteiger partial charge in [0.05, 0.1) is 22.7 Å². The van der Waals surface area contributed by atoms with Gasteiger partial charge in [-0.05, 0) is 12.1 Å². The highest BCUT2D eigenvalue weighted by Gasteiger charge is 2.41. The minimum Gasteiger partial charge on any atom is -0.299 e. The van der Waals surface area contributed by atoms with E-state index in [1.807, 2.05) is 20.8 Å². The van der Waals surface area contributed by atoms with Crippen LogP contribution in [0.2, 0.25) is 0 Å². The van der Waals surface area contributed by atoms with E-state index in [1.165, 1.54) is 52.2 Å². The van der Waals surface area contributed by atoms with Crippen molar-refractivity contribution in [1.82, 2.24) is 19.7 Å². The normalized spacial score (nSPS) is 15.7. The Kier molecular flexibility index (Phi) is 4.60.